The number of imidazole rings is 1. The molecule has 0 amide bonds. The summed E-state index contributed by atoms with van der Waals surface area (Å²) in [6.45, 7) is -0.619. The summed E-state index contributed by atoms with van der Waals surface area (Å²) in [7, 11) is 0. The highest BCUT2D eigenvalue weighted by molar-refractivity contribution is 5.81. The van der Waals surface area contributed by atoms with E-state index in [1.54, 1.807) is 0 Å². The molecule has 0 bridgehead atoms. The van der Waals surface area contributed by atoms with Crippen molar-refractivity contribution in [3.8, 4) is 0 Å². The zero-order valence-electron chi connectivity index (χ0n) is 10.7. The molecule has 1 aliphatic rings. The average molecular weight is 301 g/mol. The molecular weight excluding hydrogens is 288 g/mol. The van der Waals surface area contributed by atoms with Crippen molar-refractivity contribution in [2.75, 3.05) is 12.3 Å². The number of fused-ring (bicyclic) bond motifs is 1. The molecule has 3 heterocycles. The third-order valence-corrected chi connectivity index (χ3v) is 3.56. The van der Waals surface area contributed by atoms with Gasteiger partial charge in [0.25, 0.3) is 0 Å². The summed E-state index contributed by atoms with van der Waals surface area (Å²) in [5.41, 5.74) is 6.19. The lowest BCUT2D eigenvalue weighted by molar-refractivity contribution is -0.0525. The van der Waals surface area contributed by atoms with Crippen molar-refractivity contribution in [3.63, 3.8) is 0 Å². The molecule has 0 spiro atoms. The van der Waals surface area contributed by atoms with Gasteiger partial charge in [-0.1, -0.05) is 0 Å². The number of nitrogens with zero attached hydrogens (tertiary/aromatic N) is 4. The predicted octanol–water partition coefficient (Wildman–Crippen LogP) is -0.460. The van der Waals surface area contributed by atoms with Gasteiger partial charge < -0.3 is 20.7 Å². The van der Waals surface area contributed by atoms with Gasteiger partial charge in [-0.3, -0.25) is 4.57 Å². The molecule has 0 radical (unpaired) electrons. The van der Waals surface area contributed by atoms with Crippen LogP contribution < -0.4 is 5.73 Å². The van der Waals surface area contributed by atoms with Crippen LogP contribution in [-0.2, 0) is 4.74 Å². The second-order valence-electron chi connectivity index (χ2n) is 4.73. The van der Waals surface area contributed by atoms with Crippen molar-refractivity contribution in [1.82, 2.24) is 19.5 Å². The Hall–Kier alpha value is -1.91. The number of aliphatic hydroxyl groups is 2. The Balaban J connectivity index is 2.01. The first-order valence-electron chi connectivity index (χ1n) is 6.20. The summed E-state index contributed by atoms with van der Waals surface area (Å²) in [5, 5.41) is 19.2. The quantitative estimate of drug-likeness (QED) is 0.701. The lowest BCUT2D eigenvalue weighted by Crippen LogP contribution is -2.33. The molecule has 10 heteroatoms. The molecule has 0 aromatic carbocycles. The van der Waals surface area contributed by atoms with E-state index in [1.165, 1.54) is 17.2 Å². The van der Waals surface area contributed by atoms with Crippen molar-refractivity contribution < 1.29 is 23.7 Å². The molecular formula is C11H13F2N5O3. The van der Waals surface area contributed by atoms with E-state index >= 15 is 0 Å². The summed E-state index contributed by atoms with van der Waals surface area (Å²) < 4.78 is 32.6. The standard InChI is InChI=1S/C11H13F2N5O3/c12-8(13)5-4(1-19)21-11(7(5)20)18-3-17-6-9(14)15-2-16-10(6)18/h2-5,7-8,11,19-20H,1H2,(H2,14,15,16)/t4-,5-,7-,11-/m1/s1. The van der Waals surface area contributed by atoms with Crippen LogP contribution in [0.1, 0.15) is 6.23 Å². The van der Waals surface area contributed by atoms with E-state index in [2.05, 4.69) is 15.0 Å². The van der Waals surface area contributed by atoms with Crippen LogP contribution in [0, 0.1) is 5.92 Å². The van der Waals surface area contributed by atoms with Gasteiger partial charge in [-0.25, -0.2) is 23.7 Å². The van der Waals surface area contributed by atoms with Gasteiger partial charge in [-0.05, 0) is 0 Å². The molecule has 1 aliphatic heterocycles. The maximum Gasteiger partial charge on any atom is 0.246 e. The van der Waals surface area contributed by atoms with E-state index in [1.807, 2.05) is 0 Å². The highest BCUT2D eigenvalue weighted by Crippen LogP contribution is 2.38. The number of anilines is 1. The van der Waals surface area contributed by atoms with Crippen molar-refractivity contribution in [2.45, 2.75) is 24.9 Å². The fourth-order valence-electron chi connectivity index (χ4n) is 2.52. The Morgan fingerprint density at radius 2 is 2.14 bits per heavy atom. The Kier molecular flexibility index (Phi) is 3.43. The van der Waals surface area contributed by atoms with Crippen LogP contribution in [0.5, 0.6) is 0 Å². The van der Waals surface area contributed by atoms with Gasteiger partial charge in [-0.2, -0.15) is 0 Å². The molecule has 0 aliphatic carbocycles. The maximum absolute atomic E-state index is 13.0. The summed E-state index contributed by atoms with van der Waals surface area (Å²) in [6, 6.07) is 0. The van der Waals surface area contributed by atoms with Crippen LogP contribution in [0.3, 0.4) is 0 Å². The van der Waals surface area contributed by atoms with Gasteiger partial charge in [0, 0.05) is 0 Å². The molecule has 1 saturated heterocycles. The molecule has 2 aromatic rings. The first-order chi connectivity index (χ1) is 10.0. The highest BCUT2D eigenvalue weighted by Gasteiger charge is 2.49. The first kappa shape index (κ1) is 14.0. The van der Waals surface area contributed by atoms with Gasteiger partial charge in [-0.15, -0.1) is 0 Å². The Labute approximate surface area is 117 Å². The molecule has 2 aromatic heterocycles. The van der Waals surface area contributed by atoms with Crippen molar-refractivity contribution >= 4 is 17.0 Å². The number of alkyl halides is 2. The normalized spacial score (nSPS) is 29.6. The number of rotatable bonds is 3. The molecule has 21 heavy (non-hydrogen) atoms. The smallest absolute Gasteiger partial charge is 0.246 e. The number of ether oxygens (including phenoxy) is 1. The van der Waals surface area contributed by atoms with Gasteiger partial charge in [0.15, 0.2) is 17.7 Å². The summed E-state index contributed by atoms with van der Waals surface area (Å²) in [5.74, 6) is -1.35. The van der Waals surface area contributed by atoms with Crippen molar-refractivity contribution in [2.24, 2.45) is 5.92 Å². The number of aliphatic hydroxyl groups excluding tert-OH is 2. The van der Waals surface area contributed by atoms with Gasteiger partial charge >= 0.3 is 0 Å². The van der Waals surface area contributed by atoms with Crippen LogP contribution in [0.25, 0.3) is 11.2 Å². The molecule has 4 atom stereocenters. The Morgan fingerprint density at radius 3 is 2.76 bits per heavy atom. The van der Waals surface area contributed by atoms with Gasteiger partial charge in [0.1, 0.15) is 17.9 Å². The average Bonchev–Trinajstić information content (AvgIpc) is 3.00. The number of nitrogen functional groups attached to an aromatic ring is 1. The molecule has 3 rings (SSSR count). The van der Waals surface area contributed by atoms with Gasteiger partial charge in [0.05, 0.1) is 25.0 Å². The van der Waals surface area contributed by atoms with Crippen LogP contribution in [0.2, 0.25) is 0 Å². The third kappa shape index (κ3) is 2.11. The molecule has 114 valence electrons. The Bertz CT molecular complexity index is 652. The van der Waals surface area contributed by atoms with Crippen molar-refractivity contribution in [1.29, 1.82) is 0 Å². The highest BCUT2D eigenvalue weighted by atomic mass is 19.3. The van der Waals surface area contributed by atoms with E-state index in [0.29, 0.717) is 0 Å². The summed E-state index contributed by atoms with van der Waals surface area (Å²) in [4.78, 5) is 11.7. The lowest BCUT2D eigenvalue weighted by Gasteiger charge is -2.18. The number of aromatic nitrogens is 4. The zero-order valence-corrected chi connectivity index (χ0v) is 10.7. The van der Waals surface area contributed by atoms with Crippen LogP contribution in [0.4, 0.5) is 14.6 Å². The lowest BCUT2D eigenvalue weighted by atomic mass is 9.99. The monoisotopic (exact) mass is 301 g/mol. The van der Waals surface area contributed by atoms with Crippen molar-refractivity contribution in [3.05, 3.63) is 12.7 Å². The second kappa shape index (κ2) is 5.13. The number of hydrogen-bond acceptors (Lipinski definition) is 7. The minimum absolute atomic E-state index is 0.135. The van der Waals surface area contributed by atoms with E-state index in [9.17, 15) is 13.9 Å². The minimum Gasteiger partial charge on any atom is -0.394 e. The largest absolute Gasteiger partial charge is 0.394 e. The van der Waals surface area contributed by atoms with E-state index in [4.69, 9.17) is 15.6 Å². The van der Waals surface area contributed by atoms with Crippen LogP contribution in [-0.4, -0.2) is 55.0 Å². The first-order valence-corrected chi connectivity index (χ1v) is 6.20. The molecule has 8 nitrogen and oxygen atoms in total. The summed E-state index contributed by atoms with van der Waals surface area (Å²) >= 11 is 0. The van der Waals surface area contributed by atoms with E-state index < -0.39 is 37.4 Å². The second-order valence-corrected chi connectivity index (χ2v) is 4.73. The third-order valence-electron chi connectivity index (χ3n) is 3.56. The predicted molar refractivity (Wildman–Crippen MR) is 66.2 cm³/mol. The van der Waals surface area contributed by atoms with Crippen LogP contribution >= 0.6 is 0 Å². The number of halogens is 2. The van der Waals surface area contributed by atoms with Crippen LogP contribution in [0.15, 0.2) is 12.7 Å². The molecule has 0 saturated carbocycles. The molecule has 0 unspecified atom stereocenters. The maximum atomic E-state index is 13.0. The Morgan fingerprint density at radius 1 is 1.38 bits per heavy atom. The van der Waals surface area contributed by atoms with E-state index in [-0.39, 0.29) is 17.0 Å². The fraction of sp³-hybridized carbons (Fsp3) is 0.545. The summed E-state index contributed by atoms with van der Waals surface area (Å²) in [6.07, 6.45) is -4.13. The number of hydrogen-bond donors (Lipinski definition) is 3. The fourth-order valence-corrected chi connectivity index (χ4v) is 2.52. The minimum atomic E-state index is -2.82. The topological polar surface area (TPSA) is 119 Å². The van der Waals surface area contributed by atoms with Gasteiger partial charge in [0.2, 0.25) is 6.43 Å². The molecule has 1 fully saturated rings. The SMILES string of the molecule is Nc1ncnc2c1ncn2[C@@H]1O[C@H](CO)[C@@H](C(F)F)[C@H]1O. The van der Waals surface area contributed by atoms with E-state index in [0.717, 1.165) is 0 Å². The number of nitrogens with two attached hydrogens (primary N) is 1. The zero-order chi connectivity index (χ0) is 15.1. The molecule has 4 N–H and O–H groups in total.